The topological polar surface area (TPSA) is 74.4 Å². The maximum atomic E-state index is 11.7. The molecule has 2 N–H and O–H groups in total. The number of carbonyl (C=O) groups excluding carboxylic acids is 1. The van der Waals surface area contributed by atoms with Crippen LogP contribution in [0.3, 0.4) is 0 Å². The Hall–Kier alpha value is -2.56. The number of hydrogen-bond acceptors (Lipinski definition) is 5. The van der Waals surface area contributed by atoms with Gasteiger partial charge in [-0.2, -0.15) is 0 Å². The Labute approximate surface area is 117 Å². The van der Waals surface area contributed by atoms with E-state index in [4.69, 9.17) is 15.2 Å². The first-order chi connectivity index (χ1) is 9.51. The van der Waals surface area contributed by atoms with Gasteiger partial charge in [0.1, 0.15) is 11.5 Å². The van der Waals surface area contributed by atoms with Gasteiger partial charge in [-0.25, -0.2) is 4.79 Å². The number of esters is 1. The molecule has 1 heterocycles. The zero-order valence-corrected chi connectivity index (χ0v) is 11.6. The highest BCUT2D eigenvalue weighted by atomic mass is 16.5. The third-order valence-corrected chi connectivity index (χ3v) is 2.89. The summed E-state index contributed by atoms with van der Waals surface area (Å²) in [7, 11) is 1.31. The lowest BCUT2D eigenvalue weighted by atomic mass is 10.1. The number of benzene rings is 1. The van der Waals surface area contributed by atoms with Crippen LogP contribution in [0.25, 0.3) is 0 Å². The van der Waals surface area contributed by atoms with Gasteiger partial charge in [0.2, 0.25) is 0 Å². The zero-order chi connectivity index (χ0) is 14.7. The van der Waals surface area contributed by atoms with E-state index in [1.54, 1.807) is 18.3 Å². The molecule has 5 nitrogen and oxygen atoms in total. The van der Waals surface area contributed by atoms with E-state index in [-0.39, 0.29) is 0 Å². The molecule has 0 atom stereocenters. The number of rotatable bonds is 3. The van der Waals surface area contributed by atoms with Gasteiger partial charge in [0.15, 0.2) is 0 Å². The number of hydrogen-bond donors (Lipinski definition) is 1. The fraction of sp³-hybridized carbons (Fsp3) is 0.200. The van der Waals surface area contributed by atoms with Crippen molar-refractivity contribution in [2.24, 2.45) is 0 Å². The van der Waals surface area contributed by atoms with Gasteiger partial charge in [0.05, 0.1) is 18.9 Å². The van der Waals surface area contributed by atoms with Crippen molar-refractivity contribution in [1.82, 2.24) is 4.98 Å². The monoisotopic (exact) mass is 272 g/mol. The molecule has 0 radical (unpaired) electrons. The fourth-order valence-corrected chi connectivity index (χ4v) is 1.75. The Balaban J connectivity index is 2.35. The molecule has 104 valence electrons. The van der Waals surface area contributed by atoms with E-state index < -0.39 is 5.97 Å². The number of aryl methyl sites for hydroxylation is 2. The lowest BCUT2D eigenvalue weighted by molar-refractivity contribution is 0.0601. The van der Waals surface area contributed by atoms with Crippen LogP contribution >= 0.6 is 0 Å². The summed E-state index contributed by atoms with van der Waals surface area (Å²) >= 11 is 0. The molecule has 0 amide bonds. The van der Waals surface area contributed by atoms with Gasteiger partial charge in [0, 0.05) is 11.4 Å². The van der Waals surface area contributed by atoms with Gasteiger partial charge in [0.25, 0.3) is 0 Å². The predicted molar refractivity (Wildman–Crippen MR) is 76.0 cm³/mol. The SMILES string of the molecule is COC(=O)c1cc(Oc2ccc(C)nc2)cc(C)c1N. The molecule has 0 spiro atoms. The van der Waals surface area contributed by atoms with Crippen molar-refractivity contribution in [2.75, 3.05) is 12.8 Å². The zero-order valence-electron chi connectivity index (χ0n) is 11.6. The second kappa shape index (κ2) is 5.61. The number of nitrogens with zero attached hydrogens (tertiary/aromatic N) is 1. The van der Waals surface area contributed by atoms with E-state index in [1.807, 2.05) is 26.0 Å². The maximum absolute atomic E-state index is 11.7. The van der Waals surface area contributed by atoms with Crippen molar-refractivity contribution < 1.29 is 14.3 Å². The molecule has 1 aromatic heterocycles. The van der Waals surface area contributed by atoms with Crippen LogP contribution in [0.1, 0.15) is 21.6 Å². The number of pyridine rings is 1. The summed E-state index contributed by atoms with van der Waals surface area (Å²) in [6, 6.07) is 6.99. The van der Waals surface area contributed by atoms with Crippen molar-refractivity contribution >= 4 is 11.7 Å². The predicted octanol–water partition coefficient (Wildman–Crippen LogP) is 2.86. The Morgan fingerprint density at radius 2 is 1.95 bits per heavy atom. The highest BCUT2D eigenvalue weighted by Gasteiger charge is 2.14. The van der Waals surface area contributed by atoms with Gasteiger partial charge in [-0.15, -0.1) is 0 Å². The number of aromatic nitrogens is 1. The molecule has 0 saturated heterocycles. The van der Waals surface area contributed by atoms with E-state index in [2.05, 4.69) is 4.98 Å². The average molecular weight is 272 g/mol. The van der Waals surface area contributed by atoms with Crippen LogP contribution in [-0.4, -0.2) is 18.1 Å². The van der Waals surface area contributed by atoms with Crippen molar-refractivity contribution in [3.63, 3.8) is 0 Å². The molecule has 20 heavy (non-hydrogen) atoms. The standard InChI is InChI=1S/C15H16N2O3/c1-9-6-12(7-13(14(9)16)15(18)19-3)20-11-5-4-10(2)17-8-11/h4-8H,16H2,1-3H3. The Morgan fingerprint density at radius 3 is 2.55 bits per heavy atom. The molecular formula is C15H16N2O3. The molecule has 1 aromatic carbocycles. The number of anilines is 1. The first-order valence-electron chi connectivity index (χ1n) is 6.10. The van der Waals surface area contributed by atoms with Crippen LogP contribution in [0.2, 0.25) is 0 Å². The fourth-order valence-electron chi connectivity index (χ4n) is 1.75. The summed E-state index contributed by atoms with van der Waals surface area (Å²) in [6.07, 6.45) is 1.62. The van der Waals surface area contributed by atoms with Crippen molar-refractivity contribution in [3.05, 3.63) is 47.3 Å². The van der Waals surface area contributed by atoms with Crippen LogP contribution in [0, 0.1) is 13.8 Å². The summed E-state index contributed by atoms with van der Waals surface area (Å²) in [5.41, 5.74) is 8.22. The lowest BCUT2D eigenvalue weighted by Gasteiger charge is -2.11. The van der Waals surface area contributed by atoms with E-state index in [0.717, 1.165) is 11.3 Å². The van der Waals surface area contributed by atoms with Crippen LogP contribution in [0.4, 0.5) is 5.69 Å². The summed E-state index contributed by atoms with van der Waals surface area (Å²) in [4.78, 5) is 15.8. The third-order valence-electron chi connectivity index (χ3n) is 2.89. The Morgan fingerprint density at radius 1 is 1.20 bits per heavy atom. The summed E-state index contributed by atoms with van der Waals surface area (Å²) in [6.45, 7) is 3.70. The van der Waals surface area contributed by atoms with Crippen LogP contribution in [0.15, 0.2) is 30.5 Å². The largest absolute Gasteiger partial charge is 0.465 e. The molecule has 0 saturated carbocycles. The minimum atomic E-state index is -0.488. The molecule has 0 aliphatic rings. The number of ether oxygens (including phenoxy) is 2. The van der Waals surface area contributed by atoms with Gasteiger partial charge >= 0.3 is 5.97 Å². The molecule has 0 unspecified atom stereocenters. The third kappa shape index (κ3) is 2.88. The van der Waals surface area contributed by atoms with E-state index >= 15 is 0 Å². The van der Waals surface area contributed by atoms with Crippen LogP contribution in [0.5, 0.6) is 11.5 Å². The van der Waals surface area contributed by atoms with Crippen LogP contribution < -0.4 is 10.5 Å². The van der Waals surface area contributed by atoms with Crippen LogP contribution in [-0.2, 0) is 4.74 Å². The number of methoxy groups -OCH3 is 1. The first-order valence-corrected chi connectivity index (χ1v) is 6.10. The number of nitrogen functional groups attached to an aromatic ring is 1. The molecule has 0 aliphatic carbocycles. The Bertz CT molecular complexity index is 636. The normalized spacial score (nSPS) is 10.2. The van der Waals surface area contributed by atoms with Crippen molar-refractivity contribution in [2.45, 2.75) is 13.8 Å². The van der Waals surface area contributed by atoms with Gasteiger partial charge in [-0.05, 0) is 43.7 Å². The highest BCUT2D eigenvalue weighted by molar-refractivity contribution is 5.96. The average Bonchev–Trinajstić information content (AvgIpc) is 2.44. The van der Waals surface area contributed by atoms with Crippen molar-refractivity contribution in [3.8, 4) is 11.5 Å². The molecule has 5 heteroatoms. The number of carbonyl (C=O) groups is 1. The molecule has 0 fully saturated rings. The van der Waals surface area contributed by atoms with E-state index in [0.29, 0.717) is 22.7 Å². The summed E-state index contributed by atoms with van der Waals surface area (Å²) < 4.78 is 10.4. The molecule has 2 rings (SSSR count). The Kier molecular flexibility index (Phi) is 3.89. The van der Waals surface area contributed by atoms with Crippen molar-refractivity contribution in [1.29, 1.82) is 0 Å². The summed E-state index contributed by atoms with van der Waals surface area (Å²) in [5.74, 6) is 0.622. The first kappa shape index (κ1) is 13.9. The van der Waals surface area contributed by atoms with E-state index in [1.165, 1.54) is 7.11 Å². The highest BCUT2D eigenvalue weighted by Crippen LogP contribution is 2.28. The molecule has 0 bridgehead atoms. The number of nitrogens with two attached hydrogens (primary N) is 1. The van der Waals surface area contributed by atoms with E-state index in [9.17, 15) is 4.79 Å². The molecule has 0 aliphatic heterocycles. The minimum Gasteiger partial charge on any atom is -0.465 e. The lowest BCUT2D eigenvalue weighted by Crippen LogP contribution is -2.07. The second-order valence-corrected chi connectivity index (χ2v) is 4.43. The summed E-state index contributed by atoms with van der Waals surface area (Å²) in [5, 5.41) is 0. The minimum absolute atomic E-state index is 0.294. The van der Waals surface area contributed by atoms with Gasteiger partial charge in [-0.1, -0.05) is 0 Å². The second-order valence-electron chi connectivity index (χ2n) is 4.43. The van der Waals surface area contributed by atoms with Gasteiger partial charge < -0.3 is 15.2 Å². The smallest absolute Gasteiger partial charge is 0.340 e. The molecule has 2 aromatic rings. The van der Waals surface area contributed by atoms with Gasteiger partial charge in [-0.3, -0.25) is 4.98 Å². The maximum Gasteiger partial charge on any atom is 0.340 e. The molecular weight excluding hydrogens is 256 g/mol. The quantitative estimate of drug-likeness (QED) is 0.687.